The van der Waals surface area contributed by atoms with E-state index in [-0.39, 0.29) is 6.04 Å². The van der Waals surface area contributed by atoms with Crippen molar-refractivity contribution >= 4 is 34.7 Å². The topological polar surface area (TPSA) is 38.0 Å². The third-order valence-corrected chi connectivity index (χ3v) is 5.83. The highest BCUT2D eigenvalue weighted by Gasteiger charge is 2.30. The van der Waals surface area contributed by atoms with Crippen molar-refractivity contribution in [3.63, 3.8) is 0 Å². The lowest BCUT2D eigenvalue weighted by molar-refractivity contribution is 0.541. The van der Waals surface area contributed by atoms with Gasteiger partial charge >= 0.3 is 0 Å². The summed E-state index contributed by atoms with van der Waals surface area (Å²) in [6.07, 6.45) is 1.05. The summed E-state index contributed by atoms with van der Waals surface area (Å²) < 4.78 is 0.811. The minimum Gasteiger partial charge on any atom is -0.271 e. The Morgan fingerprint density at radius 3 is 2.78 bits per heavy atom. The normalized spacial score (nSPS) is 19.8. The molecule has 0 radical (unpaired) electrons. The zero-order chi connectivity index (χ0) is 12.5. The van der Waals surface area contributed by atoms with Crippen LogP contribution in [-0.4, -0.2) is 5.25 Å². The quantitative estimate of drug-likeness (QED) is 0.671. The van der Waals surface area contributed by atoms with Crippen molar-refractivity contribution in [2.75, 3.05) is 0 Å². The summed E-state index contributed by atoms with van der Waals surface area (Å²) in [5.41, 5.74) is 4.35. The highest BCUT2D eigenvalue weighted by atomic mass is 35.5. The van der Waals surface area contributed by atoms with E-state index in [4.69, 9.17) is 17.4 Å². The molecule has 3 N–H and O–H groups in total. The first-order valence-electron chi connectivity index (χ1n) is 5.74. The Bertz CT molecular complexity index is 530. The van der Waals surface area contributed by atoms with Crippen LogP contribution in [0.3, 0.4) is 0 Å². The second-order valence-corrected chi connectivity index (χ2v) is 7.28. The maximum absolute atomic E-state index is 6.00. The minimum absolute atomic E-state index is 0.153. The number of thiophene rings is 1. The Labute approximate surface area is 120 Å². The van der Waals surface area contributed by atoms with Crippen molar-refractivity contribution in [1.29, 1.82) is 0 Å². The number of rotatable bonds is 3. The van der Waals surface area contributed by atoms with Gasteiger partial charge in [0.15, 0.2) is 0 Å². The zero-order valence-electron chi connectivity index (χ0n) is 9.60. The Morgan fingerprint density at radius 1 is 1.28 bits per heavy atom. The van der Waals surface area contributed by atoms with E-state index in [0.29, 0.717) is 5.25 Å². The van der Waals surface area contributed by atoms with Crippen LogP contribution < -0.4 is 11.3 Å². The van der Waals surface area contributed by atoms with Gasteiger partial charge in [-0.25, -0.2) is 0 Å². The third kappa shape index (κ3) is 2.31. The van der Waals surface area contributed by atoms with Crippen LogP contribution in [0.4, 0.5) is 0 Å². The molecule has 2 aromatic rings. The van der Waals surface area contributed by atoms with Crippen LogP contribution in [0, 0.1) is 0 Å². The van der Waals surface area contributed by atoms with Crippen molar-refractivity contribution < 1.29 is 0 Å². The van der Waals surface area contributed by atoms with Crippen LogP contribution in [0.1, 0.15) is 16.5 Å². The van der Waals surface area contributed by atoms with E-state index in [2.05, 4.69) is 35.8 Å². The fraction of sp³-hybridized carbons (Fsp3) is 0.231. The maximum atomic E-state index is 6.00. The van der Waals surface area contributed by atoms with Gasteiger partial charge in [0.05, 0.1) is 10.4 Å². The van der Waals surface area contributed by atoms with E-state index >= 15 is 0 Å². The summed E-state index contributed by atoms with van der Waals surface area (Å²) >= 11 is 9.49. The number of thioether (sulfide) groups is 1. The first kappa shape index (κ1) is 12.5. The van der Waals surface area contributed by atoms with Gasteiger partial charge < -0.3 is 0 Å². The molecule has 18 heavy (non-hydrogen) atoms. The van der Waals surface area contributed by atoms with Crippen molar-refractivity contribution in [2.24, 2.45) is 5.84 Å². The lowest BCUT2D eigenvalue weighted by Gasteiger charge is -2.20. The van der Waals surface area contributed by atoms with E-state index in [1.165, 1.54) is 15.3 Å². The molecule has 2 unspecified atom stereocenters. The molecule has 0 aliphatic carbocycles. The lowest BCUT2D eigenvalue weighted by atomic mass is 10.0. The summed E-state index contributed by atoms with van der Waals surface area (Å²) in [4.78, 5) is 2.57. The summed E-state index contributed by atoms with van der Waals surface area (Å²) in [7, 11) is 0. The van der Waals surface area contributed by atoms with Gasteiger partial charge in [0.1, 0.15) is 0 Å². The van der Waals surface area contributed by atoms with E-state index in [9.17, 15) is 0 Å². The van der Waals surface area contributed by atoms with E-state index in [0.717, 1.165) is 10.8 Å². The van der Waals surface area contributed by atoms with E-state index in [1.807, 2.05) is 17.8 Å². The number of nitrogens with one attached hydrogen (secondary N) is 1. The monoisotopic (exact) mass is 296 g/mol. The number of hydrogen-bond donors (Lipinski definition) is 2. The predicted molar refractivity (Wildman–Crippen MR) is 79.2 cm³/mol. The zero-order valence-corrected chi connectivity index (χ0v) is 12.0. The molecule has 0 amide bonds. The van der Waals surface area contributed by atoms with Crippen LogP contribution >= 0.6 is 34.7 Å². The first-order chi connectivity index (χ1) is 8.78. The van der Waals surface area contributed by atoms with E-state index < -0.39 is 0 Å². The molecular weight excluding hydrogens is 284 g/mol. The molecule has 1 aromatic heterocycles. The number of nitrogens with two attached hydrogens (primary N) is 1. The smallest absolute Gasteiger partial charge is 0.0931 e. The fourth-order valence-electron chi connectivity index (χ4n) is 2.26. The Kier molecular flexibility index (Phi) is 3.63. The van der Waals surface area contributed by atoms with Crippen LogP contribution in [0.5, 0.6) is 0 Å². The van der Waals surface area contributed by atoms with Crippen molar-refractivity contribution in [3.8, 4) is 0 Å². The van der Waals surface area contributed by atoms with Gasteiger partial charge in [-0.15, -0.1) is 23.1 Å². The van der Waals surface area contributed by atoms with Crippen molar-refractivity contribution in [3.05, 3.63) is 51.2 Å². The summed E-state index contributed by atoms with van der Waals surface area (Å²) in [6, 6.07) is 12.7. The van der Waals surface area contributed by atoms with Gasteiger partial charge in [0.25, 0.3) is 0 Å². The average molecular weight is 297 g/mol. The molecule has 0 bridgehead atoms. The third-order valence-electron chi connectivity index (χ3n) is 3.12. The fourth-order valence-corrected chi connectivity index (χ4v) is 4.95. The van der Waals surface area contributed by atoms with Gasteiger partial charge in [-0.3, -0.25) is 11.3 Å². The van der Waals surface area contributed by atoms with Crippen LogP contribution in [0.2, 0.25) is 4.34 Å². The molecule has 94 valence electrons. The molecular formula is C13H13ClN2S2. The van der Waals surface area contributed by atoms with Gasteiger partial charge in [0, 0.05) is 15.0 Å². The van der Waals surface area contributed by atoms with Crippen LogP contribution in [0.25, 0.3) is 0 Å². The molecule has 1 aliphatic rings. The highest BCUT2D eigenvalue weighted by Crippen LogP contribution is 2.43. The molecule has 1 aromatic carbocycles. The SMILES string of the molecule is NNC(c1ccc(Cl)s1)C1Cc2ccccc2S1. The van der Waals surface area contributed by atoms with Gasteiger partial charge in [-0.1, -0.05) is 29.8 Å². The molecule has 2 heterocycles. The van der Waals surface area contributed by atoms with Crippen LogP contribution in [0.15, 0.2) is 41.3 Å². The first-order valence-corrected chi connectivity index (χ1v) is 7.81. The number of hydrogen-bond acceptors (Lipinski definition) is 4. The minimum atomic E-state index is 0.153. The number of halogens is 1. The summed E-state index contributed by atoms with van der Waals surface area (Å²) in [5.74, 6) is 5.73. The molecule has 0 spiro atoms. The Morgan fingerprint density at radius 2 is 2.11 bits per heavy atom. The Hall–Kier alpha value is -0.520. The molecule has 3 rings (SSSR count). The van der Waals surface area contributed by atoms with Crippen molar-refractivity contribution in [2.45, 2.75) is 22.6 Å². The molecule has 0 saturated carbocycles. The molecule has 2 nitrogen and oxygen atoms in total. The molecule has 5 heteroatoms. The lowest BCUT2D eigenvalue weighted by Crippen LogP contribution is -2.34. The molecule has 1 aliphatic heterocycles. The molecule has 0 saturated heterocycles. The van der Waals surface area contributed by atoms with Crippen LogP contribution in [-0.2, 0) is 6.42 Å². The van der Waals surface area contributed by atoms with Gasteiger partial charge in [-0.2, -0.15) is 0 Å². The predicted octanol–water partition coefficient (Wildman–Crippen LogP) is 3.62. The number of hydrazine groups is 1. The second kappa shape index (κ2) is 5.23. The highest BCUT2D eigenvalue weighted by molar-refractivity contribution is 8.00. The average Bonchev–Trinajstić information content (AvgIpc) is 2.96. The second-order valence-electron chi connectivity index (χ2n) is 4.25. The number of benzene rings is 1. The number of fused-ring (bicyclic) bond motifs is 1. The summed E-state index contributed by atoms with van der Waals surface area (Å²) in [6.45, 7) is 0. The maximum Gasteiger partial charge on any atom is 0.0931 e. The van der Waals surface area contributed by atoms with Gasteiger partial charge in [-0.05, 0) is 30.2 Å². The molecule has 0 fully saturated rings. The van der Waals surface area contributed by atoms with Crippen molar-refractivity contribution in [1.82, 2.24) is 5.43 Å². The standard InChI is InChI=1S/C13H13ClN2S2/c14-12-6-5-10(18-12)13(16-15)11-7-8-3-1-2-4-9(8)17-11/h1-6,11,13,16H,7,15H2. The molecule has 2 atom stereocenters. The van der Waals surface area contributed by atoms with E-state index in [1.54, 1.807) is 11.3 Å². The largest absolute Gasteiger partial charge is 0.271 e. The summed E-state index contributed by atoms with van der Waals surface area (Å²) in [5, 5.41) is 0.433. The Balaban J connectivity index is 1.83. The van der Waals surface area contributed by atoms with Gasteiger partial charge in [0.2, 0.25) is 0 Å².